The minimum absolute atomic E-state index is 0.0592. The number of methoxy groups -OCH3 is 1. The molecule has 1 aliphatic carbocycles. The van der Waals surface area contributed by atoms with Crippen LogP contribution in [0.4, 0.5) is 4.79 Å². The topological polar surface area (TPSA) is 55.8 Å². The number of carbonyl (C=O) groups excluding carboxylic acids is 2. The van der Waals surface area contributed by atoms with Crippen molar-refractivity contribution in [3.05, 3.63) is 0 Å². The van der Waals surface area contributed by atoms with Crippen LogP contribution in [0.15, 0.2) is 0 Å². The Morgan fingerprint density at radius 2 is 1.94 bits per heavy atom. The lowest BCUT2D eigenvalue weighted by Gasteiger charge is -2.30. The first-order chi connectivity index (χ1) is 8.31. The first-order valence-corrected chi connectivity index (χ1v) is 6.40. The highest BCUT2D eigenvalue weighted by Crippen LogP contribution is 2.49. The highest BCUT2D eigenvalue weighted by atomic mass is 16.6. The number of rotatable bonds is 2. The molecule has 0 radical (unpaired) electrons. The van der Waals surface area contributed by atoms with Crippen LogP contribution in [0.1, 0.15) is 40.0 Å². The SMILES string of the molecule is COC(=O)C[C@@H]1C[C@H]2C[C@H]2N1C(=O)OC(C)(C)C. The van der Waals surface area contributed by atoms with Crippen LogP contribution in [0.3, 0.4) is 0 Å². The Kier molecular flexibility index (Phi) is 3.25. The molecule has 1 saturated heterocycles. The van der Waals surface area contributed by atoms with E-state index in [1.807, 2.05) is 20.8 Å². The van der Waals surface area contributed by atoms with E-state index in [2.05, 4.69) is 4.74 Å². The molecular weight excluding hydrogens is 234 g/mol. The van der Waals surface area contributed by atoms with E-state index in [1.54, 1.807) is 4.90 Å². The van der Waals surface area contributed by atoms with E-state index in [4.69, 9.17) is 4.74 Å². The third kappa shape index (κ3) is 2.76. The van der Waals surface area contributed by atoms with Gasteiger partial charge in [0.2, 0.25) is 0 Å². The fourth-order valence-corrected chi connectivity index (χ4v) is 2.62. The van der Waals surface area contributed by atoms with Gasteiger partial charge in [-0.05, 0) is 39.5 Å². The van der Waals surface area contributed by atoms with Crippen LogP contribution in [0.25, 0.3) is 0 Å². The van der Waals surface area contributed by atoms with Gasteiger partial charge in [-0.15, -0.1) is 0 Å². The monoisotopic (exact) mass is 255 g/mol. The molecule has 0 unspecified atom stereocenters. The van der Waals surface area contributed by atoms with Gasteiger partial charge in [-0.3, -0.25) is 4.79 Å². The Morgan fingerprint density at radius 1 is 1.28 bits per heavy atom. The minimum Gasteiger partial charge on any atom is -0.469 e. The van der Waals surface area contributed by atoms with Crippen LogP contribution in [-0.4, -0.2) is 41.8 Å². The van der Waals surface area contributed by atoms with Gasteiger partial charge in [-0.2, -0.15) is 0 Å². The third-order valence-electron chi connectivity index (χ3n) is 3.45. The van der Waals surface area contributed by atoms with Gasteiger partial charge < -0.3 is 14.4 Å². The Labute approximate surface area is 107 Å². The highest BCUT2D eigenvalue weighted by Gasteiger charge is 2.55. The molecule has 1 heterocycles. The summed E-state index contributed by atoms with van der Waals surface area (Å²) in [5, 5.41) is 0. The summed E-state index contributed by atoms with van der Waals surface area (Å²) in [6.45, 7) is 5.54. The van der Waals surface area contributed by atoms with Gasteiger partial charge in [0.05, 0.1) is 13.5 Å². The van der Waals surface area contributed by atoms with E-state index in [-0.39, 0.29) is 30.6 Å². The van der Waals surface area contributed by atoms with Crippen molar-refractivity contribution in [2.45, 2.75) is 57.7 Å². The van der Waals surface area contributed by atoms with Crippen LogP contribution in [0, 0.1) is 5.92 Å². The number of fused-ring (bicyclic) bond motifs is 1. The number of piperidine rings is 1. The fraction of sp³-hybridized carbons (Fsp3) is 0.846. The first kappa shape index (κ1) is 13.2. The quantitative estimate of drug-likeness (QED) is 0.708. The van der Waals surface area contributed by atoms with Crippen LogP contribution in [0.2, 0.25) is 0 Å². The Balaban J connectivity index is 2.00. The van der Waals surface area contributed by atoms with Gasteiger partial charge in [0.25, 0.3) is 0 Å². The molecule has 1 saturated carbocycles. The van der Waals surface area contributed by atoms with Crippen molar-refractivity contribution in [2.75, 3.05) is 7.11 Å². The molecule has 3 atom stereocenters. The molecule has 0 N–H and O–H groups in total. The summed E-state index contributed by atoms with van der Waals surface area (Å²) in [6.07, 6.45) is 1.89. The summed E-state index contributed by atoms with van der Waals surface area (Å²) >= 11 is 0. The van der Waals surface area contributed by atoms with Crippen LogP contribution < -0.4 is 0 Å². The zero-order valence-electron chi connectivity index (χ0n) is 11.4. The highest BCUT2D eigenvalue weighted by molar-refractivity contribution is 5.74. The van der Waals surface area contributed by atoms with Crippen molar-refractivity contribution in [1.29, 1.82) is 0 Å². The third-order valence-corrected chi connectivity index (χ3v) is 3.45. The van der Waals surface area contributed by atoms with E-state index >= 15 is 0 Å². The standard InChI is InChI=1S/C13H21NO4/c1-13(2,3)18-12(16)14-9(7-11(15)17-4)5-8-6-10(8)14/h8-10H,5-7H2,1-4H3/t8-,9-,10+/m0/s1. The maximum atomic E-state index is 12.1. The lowest BCUT2D eigenvalue weighted by molar-refractivity contribution is -0.141. The predicted octanol–water partition coefficient (Wildman–Crippen LogP) is 1.95. The van der Waals surface area contributed by atoms with E-state index in [1.165, 1.54) is 7.11 Å². The summed E-state index contributed by atoms with van der Waals surface area (Å²) in [4.78, 5) is 25.2. The second-order valence-corrected chi connectivity index (χ2v) is 6.12. The molecule has 102 valence electrons. The number of esters is 1. The lowest BCUT2D eigenvalue weighted by atomic mass is 10.1. The molecule has 5 nitrogen and oxygen atoms in total. The molecular formula is C13H21NO4. The molecule has 2 rings (SSSR count). The molecule has 1 amide bonds. The van der Waals surface area contributed by atoms with E-state index < -0.39 is 5.60 Å². The first-order valence-electron chi connectivity index (χ1n) is 6.40. The number of amides is 1. The molecule has 0 aromatic rings. The average molecular weight is 255 g/mol. The number of hydrogen-bond donors (Lipinski definition) is 0. The second kappa shape index (κ2) is 4.44. The van der Waals surface area contributed by atoms with Crippen LogP contribution >= 0.6 is 0 Å². The van der Waals surface area contributed by atoms with Crippen molar-refractivity contribution in [3.63, 3.8) is 0 Å². The lowest BCUT2D eigenvalue weighted by Crippen LogP contribution is -2.43. The molecule has 0 aromatic carbocycles. The smallest absolute Gasteiger partial charge is 0.410 e. The van der Waals surface area contributed by atoms with Crippen molar-refractivity contribution in [2.24, 2.45) is 5.92 Å². The minimum atomic E-state index is -0.500. The number of carbonyl (C=O) groups is 2. The normalized spacial score (nSPS) is 29.8. The van der Waals surface area contributed by atoms with Crippen LogP contribution in [-0.2, 0) is 14.3 Å². The molecule has 0 bridgehead atoms. The van der Waals surface area contributed by atoms with Crippen molar-refractivity contribution in [3.8, 4) is 0 Å². The molecule has 5 heteroatoms. The number of likely N-dealkylation sites (tertiary alicyclic amines) is 1. The number of nitrogens with zero attached hydrogens (tertiary/aromatic N) is 1. The van der Waals surface area contributed by atoms with Gasteiger partial charge in [0.15, 0.2) is 0 Å². The Bertz CT molecular complexity index is 360. The van der Waals surface area contributed by atoms with Crippen molar-refractivity contribution >= 4 is 12.1 Å². The molecule has 2 aliphatic rings. The molecule has 1 aliphatic heterocycles. The largest absolute Gasteiger partial charge is 0.469 e. The van der Waals surface area contributed by atoms with Gasteiger partial charge in [-0.1, -0.05) is 0 Å². The van der Waals surface area contributed by atoms with Crippen molar-refractivity contribution < 1.29 is 19.1 Å². The Morgan fingerprint density at radius 3 is 2.50 bits per heavy atom. The van der Waals surface area contributed by atoms with E-state index in [9.17, 15) is 9.59 Å². The number of hydrogen-bond acceptors (Lipinski definition) is 4. The molecule has 2 fully saturated rings. The molecule has 0 spiro atoms. The Hall–Kier alpha value is -1.26. The van der Waals surface area contributed by atoms with Gasteiger partial charge >= 0.3 is 12.1 Å². The second-order valence-electron chi connectivity index (χ2n) is 6.12. The average Bonchev–Trinajstić information content (AvgIpc) is 2.87. The van der Waals surface area contributed by atoms with Gasteiger partial charge in [0.1, 0.15) is 5.60 Å². The maximum absolute atomic E-state index is 12.1. The summed E-state index contributed by atoms with van der Waals surface area (Å²) < 4.78 is 10.1. The summed E-state index contributed by atoms with van der Waals surface area (Å²) in [5.74, 6) is 0.280. The number of ether oxygens (including phenoxy) is 2. The van der Waals surface area contributed by atoms with Crippen molar-refractivity contribution in [1.82, 2.24) is 4.90 Å². The fourth-order valence-electron chi connectivity index (χ4n) is 2.62. The van der Waals surface area contributed by atoms with Gasteiger partial charge in [0, 0.05) is 12.1 Å². The van der Waals surface area contributed by atoms with Crippen LogP contribution in [0.5, 0.6) is 0 Å². The zero-order chi connectivity index (χ0) is 13.5. The van der Waals surface area contributed by atoms with E-state index in [0.29, 0.717) is 5.92 Å². The molecule has 0 aromatic heterocycles. The summed E-state index contributed by atoms with van der Waals surface area (Å²) in [5.41, 5.74) is -0.500. The van der Waals surface area contributed by atoms with Gasteiger partial charge in [-0.25, -0.2) is 4.79 Å². The molecule has 18 heavy (non-hydrogen) atoms. The maximum Gasteiger partial charge on any atom is 0.410 e. The summed E-state index contributed by atoms with van der Waals surface area (Å²) in [7, 11) is 1.37. The van der Waals surface area contributed by atoms with E-state index in [0.717, 1.165) is 12.8 Å². The summed E-state index contributed by atoms with van der Waals surface area (Å²) in [6, 6.07) is 0.213. The zero-order valence-corrected chi connectivity index (χ0v) is 11.4. The predicted molar refractivity (Wildman–Crippen MR) is 65.0 cm³/mol.